The highest BCUT2D eigenvalue weighted by Gasteiger charge is 2.14. The second-order valence-electron chi connectivity index (χ2n) is 1.76. The van der Waals surface area contributed by atoms with Crippen molar-refractivity contribution in [1.82, 2.24) is 0 Å². The van der Waals surface area contributed by atoms with Gasteiger partial charge in [-0.15, -0.1) is 6.42 Å². The Kier molecular flexibility index (Phi) is 2.12. The van der Waals surface area contributed by atoms with Gasteiger partial charge in [-0.05, 0) is 5.38 Å². The SMILES string of the molecule is C#Cc1cscc1B(O)O. The van der Waals surface area contributed by atoms with Gasteiger partial charge in [0.1, 0.15) is 0 Å². The Morgan fingerprint density at radius 1 is 1.50 bits per heavy atom. The molecule has 50 valence electrons. The predicted octanol–water partition coefficient (Wildman–Crippen LogP) is -0.591. The highest BCUT2D eigenvalue weighted by Crippen LogP contribution is 2.01. The van der Waals surface area contributed by atoms with E-state index in [2.05, 4.69) is 5.92 Å². The summed E-state index contributed by atoms with van der Waals surface area (Å²) >= 11 is 1.36. The molecule has 1 aromatic heterocycles. The molecule has 10 heavy (non-hydrogen) atoms. The molecule has 0 aliphatic rings. The highest BCUT2D eigenvalue weighted by atomic mass is 32.1. The van der Waals surface area contributed by atoms with Crippen LogP contribution in [0.15, 0.2) is 10.8 Å². The van der Waals surface area contributed by atoms with Crippen LogP contribution in [0.2, 0.25) is 0 Å². The summed E-state index contributed by atoms with van der Waals surface area (Å²) in [6.45, 7) is 0. The van der Waals surface area contributed by atoms with Crippen molar-refractivity contribution in [2.75, 3.05) is 0 Å². The van der Waals surface area contributed by atoms with E-state index in [1.807, 2.05) is 0 Å². The molecule has 0 saturated carbocycles. The zero-order valence-corrected chi connectivity index (χ0v) is 5.93. The first-order valence-electron chi connectivity index (χ1n) is 2.64. The average Bonchev–Trinajstić information content (AvgIpc) is 2.33. The molecule has 0 aliphatic heterocycles. The second-order valence-corrected chi connectivity index (χ2v) is 2.50. The summed E-state index contributed by atoms with van der Waals surface area (Å²) in [5, 5.41) is 20.7. The largest absolute Gasteiger partial charge is 0.490 e. The van der Waals surface area contributed by atoms with Gasteiger partial charge in [-0.25, -0.2) is 0 Å². The van der Waals surface area contributed by atoms with Crippen LogP contribution in [0.3, 0.4) is 0 Å². The summed E-state index contributed by atoms with van der Waals surface area (Å²) < 4.78 is 0. The lowest BCUT2D eigenvalue weighted by Crippen LogP contribution is -2.30. The maximum absolute atomic E-state index is 8.69. The number of hydrogen-bond acceptors (Lipinski definition) is 3. The summed E-state index contributed by atoms with van der Waals surface area (Å²) in [5.41, 5.74) is 0.965. The number of hydrogen-bond donors (Lipinski definition) is 2. The molecule has 0 unspecified atom stereocenters. The predicted molar refractivity (Wildman–Crippen MR) is 42.1 cm³/mol. The smallest absolute Gasteiger partial charge is 0.423 e. The first-order valence-corrected chi connectivity index (χ1v) is 3.59. The van der Waals surface area contributed by atoms with Crippen molar-refractivity contribution in [3.8, 4) is 12.3 Å². The quantitative estimate of drug-likeness (QED) is 0.417. The van der Waals surface area contributed by atoms with Crippen LogP contribution >= 0.6 is 11.3 Å². The minimum absolute atomic E-state index is 0.410. The van der Waals surface area contributed by atoms with Gasteiger partial charge >= 0.3 is 7.12 Å². The molecule has 0 spiro atoms. The van der Waals surface area contributed by atoms with Crippen molar-refractivity contribution in [3.63, 3.8) is 0 Å². The number of terminal acetylenes is 1. The van der Waals surface area contributed by atoms with Crippen LogP contribution in [-0.4, -0.2) is 17.2 Å². The first-order chi connectivity index (χ1) is 4.75. The molecule has 4 heteroatoms. The van der Waals surface area contributed by atoms with Gasteiger partial charge in [-0.3, -0.25) is 0 Å². The van der Waals surface area contributed by atoms with Gasteiger partial charge in [0, 0.05) is 16.4 Å². The van der Waals surface area contributed by atoms with Crippen molar-refractivity contribution in [2.24, 2.45) is 0 Å². The Balaban J connectivity index is 3.05. The summed E-state index contributed by atoms with van der Waals surface area (Å²) in [4.78, 5) is 0. The van der Waals surface area contributed by atoms with Gasteiger partial charge in [0.2, 0.25) is 0 Å². The monoisotopic (exact) mass is 152 g/mol. The molecule has 0 atom stereocenters. The first kappa shape index (κ1) is 7.35. The van der Waals surface area contributed by atoms with E-state index in [4.69, 9.17) is 16.5 Å². The lowest BCUT2D eigenvalue weighted by atomic mass is 9.80. The minimum Gasteiger partial charge on any atom is -0.423 e. The molecular formula is C6H5BO2S. The molecule has 0 radical (unpaired) electrons. The van der Waals surface area contributed by atoms with E-state index in [9.17, 15) is 0 Å². The van der Waals surface area contributed by atoms with Gasteiger partial charge in [-0.2, -0.15) is 11.3 Å². The Bertz CT molecular complexity index is 261. The lowest BCUT2D eigenvalue weighted by molar-refractivity contribution is 0.426. The Labute approximate surface area is 63.3 Å². The number of thiophene rings is 1. The minimum atomic E-state index is -1.45. The molecular weight excluding hydrogens is 147 g/mol. The van der Waals surface area contributed by atoms with Crippen molar-refractivity contribution in [3.05, 3.63) is 16.3 Å². The number of rotatable bonds is 1. The van der Waals surface area contributed by atoms with E-state index < -0.39 is 7.12 Å². The van der Waals surface area contributed by atoms with Crippen LogP contribution in [0, 0.1) is 12.3 Å². The summed E-state index contributed by atoms with van der Waals surface area (Å²) in [6.07, 6.45) is 5.07. The van der Waals surface area contributed by atoms with Gasteiger partial charge in [0.25, 0.3) is 0 Å². The Morgan fingerprint density at radius 3 is 2.60 bits per heavy atom. The molecule has 1 aromatic rings. The normalized spacial score (nSPS) is 8.90. The summed E-state index contributed by atoms with van der Waals surface area (Å²) in [6, 6.07) is 0. The van der Waals surface area contributed by atoms with Gasteiger partial charge in [-0.1, -0.05) is 5.92 Å². The van der Waals surface area contributed by atoms with Crippen molar-refractivity contribution < 1.29 is 10.0 Å². The van der Waals surface area contributed by atoms with E-state index in [0.29, 0.717) is 11.0 Å². The van der Waals surface area contributed by atoms with E-state index in [0.717, 1.165) is 0 Å². The Hall–Kier alpha value is -0.755. The molecule has 0 bridgehead atoms. The third-order valence-corrected chi connectivity index (χ3v) is 1.89. The molecule has 0 saturated heterocycles. The fourth-order valence-electron chi connectivity index (χ4n) is 0.624. The van der Waals surface area contributed by atoms with Crippen LogP contribution in [0.5, 0.6) is 0 Å². The molecule has 1 heterocycles. The molecule has 2 nitrogen and oxygen atoms in total. The maximum atomic E-state index is 8.69. The second kappa shape index (κ2) is 2.89. The standard InChI is InChI=1S/C6H5BO2S/c1-2-5-3-10-4-6(5)7(8)9/h1,3-4,8-9H. The summed E-state index contributed by atoms with van der Waals surface area (Å²) in [5.74, 6) is 2.35. The van der Waals surface area contributed by atoms with Crippen LogP contribution < -0.4 is 5.46 Å². The highest BCUT2D eigenvalue weighted by molar-refractivity contribution is 7.09. The molecule has 0 amide bonds. The van der Waals surface area contributed by atoms with E-state index in [1.165, 1.54) is 11.3 Å². The van der Waals surface area contributed by atoms with Gasteiger partial charge in [0.15, 0.2) is 0 Å². The average molecular weight is 152 g/mol. The van der Waals surface area contributed by atoms with E-state index in [1.54, 1.807) is 10.8 Å². The molecule has 0 aromatic carbocycles. The zero-order chi connectivity index (χ0) is 7.56. The lowest BCUT2D eigenvalue weighted by Gasteiger charge is -1.92. The third-order valence-electron chi connectivity index (χ3n) is 1.13. The van der Waals surface area contributed by atoms with Crippen LogP contribution in [0.1, 0.15) is 5.56 Å². The fourth-order valence-corrected chi connectivity index (χ4v) is 1.43. The molecule has 2 N–H and O–H groups in total. The zero-order valence-electron chi connectivity index (χ0n) is 5.11. The van der Waals surface area contributed by atoms with E-state index in [-0.39, 0.29) is 0 Å². The van der Waals surface area contributed by atoms with E-state index >= 15 is 0 Å². The van der Waals surface area contributed by atoms with Crippen LogP contribution in [0.4, 0.5) is 0 Å². The molecule has 0 aliphatic carbocycles. The third kappa shape index (κ3) is 1.22. The molecule has 0 fully saturated rings. The van der Waals surface area contributed by atoms with Crippen LogP contribution in [-0.2, 0) is 0 Å². The fraction of sp³-hybridized carbons (Fsp3) is 0. The summed E-state index contributed by atoms with van der Waals surface area (Å²) in [7, 11) is -1.45. The van der Waals surface area contributed by atoms with Gasteiger partial charge < -0.3 is 10.0 Å². The van der Waals surface area contributed by atoms with Crippen LogP contribution in [0.25, 0.3) is 0 Å². The topological polar surface area (TPSA) is 40.5 Å². The molecule has 1 rings (SSSR count). The van der Waals surface area contributed by atoms with Gasteiger partial charge in [0.05, 0.1) is 0 Å². The van der Waals surface area contributed by atoms with Crippen molar-refractivity contribution in [1.29, 1.82) is 0 Å². The van der Waals surface area contributed by atoms with Crippen molar-refractivity contribution in [2.45, 2.75) is 0 Å². The van der Waals surface area contributed by atoms with Crippen molar-refractivity contribution >= 4 is 23.9 Å². The Morgan fingerprint density at radius 2 is 2.20 bits per heavy atom. The maximum Gasteiger partial charge on any atom is 0.490 e.